The van der Waals surface area contributed by atoms with Crippen LogP contribution in [0.2, 0.25) is 0 Å². The van der Waals surface area contributed by atoms with E-state index in [0.717, 1.165) is 41.2 Å². The molecule has 2 aromatic carbocycles. The molecule has 0 atom stereocenters. The minimum atomic E-state index is 0.221. The van der Waals surface area contributed by atoms with Crippen LogP contribution in [0.3, 0.4) is 0 Å². The number of carbonyl (C=O) groups excluding carboxylic acids is 1. The van der Waals surface area contributed by atoms with Crippen molar-refractivity contribution < 1.29 is 4.79 Å². The quantitative estimate of drug-likeness (QED) is 0.692. The van der Waals surface area contributed by atoms with Crippen molar-refractivity contribution in [3.63, 3.8) is 0 Å². The maximum Gasteiger partial charge on any atom is 0.189 e. The summed E-state index contributed by atoms with van der Waals surface area (Å²) in [5.74, 6) is 0.221. The Morgan fingerprint density at radius 2 is 1.74 bits per heavy atom. The summed E-state index contributed by atoms with van der Waals surface area (Å²) < 4.78 is 0. The van der Waals surface area contributed by atoms with Crippen LogP contribution in [0.1, 0.15) is 42.5 Å². The number of rotatable bonds is 2. The van der Waals surface area contributed by atoms with Crippen molar-refractivity contribution in [3.05, 3.63) is 59.7 Å². The maximum atomic E-state index is 12.7. The molecule has 0 unspecified atom stereocenters. The lowest BCUT2D eigenvalue weighted by molar-refractivity contribution is 0.103. The maximum absolute atomic E-state index is 12.7. The van der Waals surface area contributed by atoms with Gasteiger partial charge in [0.25, 0.3) is 0 Å². The molecule has 0 radical (unpaired) electrons. The molecule has 96 valence electrons. The smallest absolute Gasteiger partial charge is 0.189 e. The third-order valence-electron chi connectivity index (χ3n) is 3.87. The van der Waals surface area contributed by atoms with Gasteiger partial charge in [-0.3, -0.25) is 4.79 Å². The molecule has 0 aliphatic heterocycles. The normalized spacial score (nSPS) is 15.9. The van der Waals surface area contributed by atoms with E-state index < -0.39 is 0 Å². The number of fused-ring (bicyclic) bond motifs is 1. The first-order valence-electron chi connectivity index (χ1n) is 7.08. The zero-order valence-electron chi connectivity index (χ0n) is 11.1. The minimum Gasteiger partial charge on any atom is -0.289 e. The molecule has 1 aliphatic rings. The number of hydrogen-bond acceptors (Lipinski definition) is 1. The largest absolute Gasteiger partial charge is 0.289 e. The Bertz CT molecular complexity index is 632. The predicted molar refractivity (Wildman–Crippen MR) is 79.4 cm³/mol. The molecule has 1 aliphatic carbocycles. The zero-order chi connectivity index (χ0) is 13.1. The van der Waals surface area contributed by atoms with Crippen LogP contribution in [0.25, 0.3) is 10.8 Å². The van der Waals surface area contributed by atoms with Crippen LogP contribution < -0.4 is 0 Å². The van der Waals surface area contributed by atoms with E-state index in [0.29, 0.717) is 0 Å². The van der Waals surface area contributed by atoms with Crippen LogP contribution in [-0.4, -0.2) is 5.78 Å². The number of benzene rings is 2. The van der Waals surface area contributed by atoms with Crippen molar-refractivity contribution in [2.75, 3.05) is 0 Å². The lowest BCUT2D eigenvalue weighted by Gasteiger charge is -2.08. The van der Waals surface area contributed by atoms with Gasteiger partial charge < -0.3 is 0 Å². The van der Waals surface area contributed by atoms with Gasteiger partial charge in [-0.1, -0.05) is 55.0 Å². The fourth-order valence-electron chi connectivity index (χ4n) is 2.82. The number of carbonyl (C=O) groups is 1. The average molecular weight is 250 g/mol. The number of hydrogen-bond donors (Lipinski definition) is 0. The molecule has 0 fully saturated rings. The second-order valence-electron chi connectivity index (χ2n) is 5.18. The molecule has 0 N–H and O–H groups in total. The van der Waals surface area contributed by atoms with Crippen LogP contribution >= 0.6 is 0 Å². The van der Waals surface area contributed by atoms with Crippen LogP contribution in [-0.2, 0) is 0 Å². The van der Waals surface area contributed by atoms with Gasteiger partial charge in [0, 0.05) is 5.56 Å². The topological polar surface area (TPSA) is 17.1 Å². The highest BCUT2D eigenvalue weighted by Crippen LogP contribution is 2.25. The number of allylic oxidation sites excluding steroid dienone is 2. The Morgan fingerprint density at radius 1 is 0.895 bits per heavy atom. The Labute approximate surface area is 113 Å². The van der Waals surface area contributed by atoms with Crippen molar-refractivity contribution in [1.82, 2.24) is 0 Å². The van der Waals surface area contributed by atoms with Crippen molar-refractivity contribution in [2.24, 2.45) is 0 Å². The summed E-state index contributed by atoms with van der Waals surface area (Å²) in [4.78, 5) is 12.7. The highest BCUT2D eigenvalue weighted by Gasteiger charge is 2.15. The Morgan fingerprint density at radius 3 is 2.68 bits per heavy atom. The van der Waals surface area contributed by atoms with Crippen molar-refractivity contribution in [3.8, 4) is 0 Å². The van der Waals surface area contributed by atoms with Gasteiger partial charge in [0.2, 0.25) is 0 Å². The SMILES string of the molecule is O=C(C1=CCCCCC1)c1cccc2ccccc12. The molecule has 19 heavy (non-hydrogen) atoms. The summed E-state index contributed by atoms with van der Waals surface area (Å²) in [6, 6.07) is 14.1. The van der Waals surface area contributed by atoms with Crippen LogP contribution in [0.4, 0.5) is 0 Å². The molecule has 0 heterocycles. The van der Waals surface area contributed by atoms with Gasteiger partial charge in [-0.05, 0) is 42.0 Å². The Kier molecular flexibility index (Phi) is 3.45. The summed E-state index contributed by atoms with van der Waals surface area (Å²) >= 11 is 0. The van der Waals surface area contributed by atoms with Crippen molar-refractivity contribution in [1.29, 1.82) is 0 Å². The first kappa shape index (κ1) is 12.2. The molecule has 0 saturated heterocycles. The molecule has 0 saturated carbocycles. The lowest BCUT2D eigenvalue weighted by Crippen LogP contribution is -2.04. The van der Waals surface area contributed by atoms with E-state index in [1.54, 1.807) is 0 Å². The van der Waals surface area contributed by atoms with E-state index in [-0.39, 0.29) is 5.78 Å². The second kappa shape index (κ2) is 5.40. The van der Waals surface area contributed by atoms with E-state index in [4.69, 9.17) is 0 Å². The molecular weight excluding hydrogens is 232 g/mol. The zero-order valence-corrected chi connectivity index (χ0v) is 11.1. The Balaban J connectivity index is 2.04. The van der Waals surface area contributed by atoms with Gasteiger partial charge in [0.1, 0.15) is 0 Å². The summed E-state index contributed by atoms with van der Waals surface area (Å²) in [6.07, 6.45) is 7.72. The lowest BCUT2D eigenvalue weighted by atomic mass is 9.95. The first-order valence-corrected chi connectivity index (χ1v) is 7.08. The molecule has 0 amide bonds. The third kappa shape index (κ3) is 2.46. The molecular formula is C18H18O. The van der Waals surface area contributed by atoms with E-state index in [1.165, 1.54) is 12.8 Å². The van der Waals surface area contributed by atoms with E-state index in [2.05, 4.69) is 18.2 Å². The predicted octanol–water partition coefficient (Wildman–Crippen LogP) is 4.91. The Hall–Kier alpha value is -1.89. The van der Waals surface area contributed by atoms with Gasteiger partial charge in [-0.15, -0.1) is 0 Å². The van der Waals surface area contributed by atoms with Gasteiger partial charge in [0.15, 0.2) is 5.78 Å². The third-order valence-corrected chi connectivity index (χ3v) is 3.87. The van der Waals surface area contributed by atoms with E-state index in [1.807, 2.05) is 30.3 Å². The van der Waals surface area contributed by atoms with E-state index >= 15 is 0 Å². The standard InChI is InChI=1S/C18H18O/c19-18(15-9-3-1-2-4-10-15)17-13-7-11-14-8-5-6-12-16(14)17/h5-9,11-13H,1-4,10H2. The van der Waals surface area contributed by atoms with Gasteiger partial charge in [-0.2, -0.15) is 0 Å². The summed E-state index contributed by atoms with van der Waals surface area (Å²) in [6.45, 7) is 0. The van der Waals surface area contributed by atoms with Crippen molar-refractivity contribution >= 4 is 16.6 Å². The number of Topliss-reactive ketones (excluding diaryl/α,β-unsaturated/α-hetero) is 1. The molecule has 0 spiro atoms. The second-order valence-corrected chi connectivity index (χ2v) is 5.18. The highest BCUT2D eigenvalue weighted by molar-refractivity contribution is 6.16. The molecule has 1 heteroatoms. The molecule has 3 rings (SSSR count). The number of ketones is 1. The van der Waals surface area contributed by atoms with Gasteiger partial charge >= 0.3 is 0 Å². The summed E-state index contributed by atoms with van der Waals surface area (Å²) in [5.41, 5.74) is 1.86. The summed E-state index contributed by atoms with van der Waals surface area (Å²) in [7, 11) is 0. The fraction of sp³-hybridized carbons (Fsp3) is 0.278. The highest BCUT2D eigenvalue weighted by atomic mass is 16.1. The molecule has 0 bridgehead atoms. The molecule has 2 aromatic rings. The first-order chi connectivity index (χ1) is 9.36. The van der Waals surface area contributed by atoms with Gasteiger partial charge in [0.05, 0.1) is 0 Å². The minimum absolute atomic E-state index is 0.221. The van der Waals surface area contributed by atoms with Crippen LogP contribution in [0, 0.1) is 0 Å². The van der Waals surface area contributed by atoms with Gasteiger partial charge in [-0.25, -0.2) is 0 Å². The van der Waals surface area contributed by atoms with Crippen LogP contribution in [0.15, 0.2) is 54.1 Å². The average Bonchev–Trinajstić information content (AvgIpc) is 2.75. The summed E-state index contributed by atoms with van der Waals surface area (Å²) in [5, 5.41) is 2.21. The molecule has 1 nitrogen and oxygen atoms in total. The molecule has 0 aromatic heterocycles. The van der Waals surface area contributed by atoms with E-state index in [9.17, 15) is 4.79 Å². The fourth-order valence-corrected chi connectivity index (χ4v) is 2.82. The van der Waals surface area contributed by atoms with Crippen molar-refractivity contribution in [2.45, 2.75) is 32.1 Å². The monoisotopic (exact) mass is 250 g/mol. The van der Waals surface area contributed by atoms with Crippen LogP contribution in [0.5, 0.6) is 0 Å².